The number of carbonyl (C=O) groups excluding carboxylic acids is 1. The van der Waals surface area contributed by atoms with Crippen molar-refractivity contribution >= 4 is 42.1 Å². The number of aromatic nitrogens is 1. The lowest BCUT2D eigenvalue weighted by molar-refractivity contribution is -0.129. The molecule has 1 aromatic heterocycles. The molecule has 0 saturated heterocycles. The SMILES string of the molecule is Cc1nc(CN(C)C(=O)CNCC2CC2)cs1.Cl.Cl. The van der Waals surface area contributed by atoms with Crippen LogP contribution in [0.25, 0.3) is 0 Å². The Morgan fingerprint density at radius 3 is 2.74 bits per heavy atom. The van der Waals surface area contributed by atoms with E-state index in [-0.39, 0.29) is 30.7 Å². The molecule has 1 heterocycles. The number of nitrogens with zero attached hydrogens (tertiary/aromatic N) is 2. The molecule has 1 aliphatic rings. The highest BCUT2D eigenvalue weighted by molar-refractivity contribution is 7.09. The van der Waals surface area contributed by atoms with Crippen molar-refractivity contribution < 1.29 is 4.79 Å². The van der Waals surface area contributed by atoms with E-state index in [0.717, 1.165) is 23.2 Å². The van der Waals surface area contributed by atoms with Crippen LogP contribution in [0, 0.1) is 12.8 Å². The van der Waals surface area contributed by atoms with Gasteiger partial charge in [0, 0.05) is 12.4 Å². The van der Waals surface area contributed by atoms with Crippen LogP contribution in [0.2, 0.25) is 0 Å². The van der Waals surface area contributed by atoms with Gasteiger partial charge in [-0.15, -0.1) is 36.2 Å². The summed E-state index contributed by atoms with van der Waals surface area (Å²) in [7, 11) is 1.83. The van der Waals surface area contributed by atoms with Crippen molar-refractivity contribution in [2.24, 2.45) is 5.92 Å². The number of likely N-dealkylation sites (N-methyl/N-ethyl adjacent to an activating group) is 1. The maximum absolute atomic E-state index is 11.8. The average Bonchev–Trinajstić information content (AvgIpc) is 3.02. The Bertz CT molecular complexity index is 396. The summed E-state index contributed by atoms with van der Waals surface area (Å²) in [4.78, 5) is 17.9. The average molecular weight is 326 g/mol. The van der Waals surface area contributed by atoms with Gasteiger partial charge in [0.2, 0.25) is 5.91 Å². The number of hydrogen-bond donors (Lipinski definition) is 1. The lowest BCUT2D eigenvalue weighted by Gasteiger charge is -2.16. The number of rotatable bonds is 6. The number of hydrogen-bond acceptors (Lipinski definition) is 4. The van der Waals surface area contributed by atoms with E-state index in [9.17, 15) is 4.79 Å². The van der Waals surface area contributed by atoms with E-state index in [2.05, 4.69) is 10.3 Å². The second kappa shape index (κ2) is 8.74. The van der Waals surface area contributed by atoms with Gasteiger partial charge in [-0.05, 0) is 32.2 Å². The van der Waals surface area contributed by atoms with Crippen molar-refractivity contribution in [3.8, 4) is 0 Å². The molecule has 1 N–H and O–H groups in total. The van der Waals surface area contributed by atoms with Gasteiger partial charge < -0.3 is 10.2 Å². The van der Waals surface area contributed by atoms with Crippen LogP contribution in [0.3, 0.4) is 0 Å². The van der Waals surface area contributed by atoms with Gasteiger partial charge in [0.25, 0.3) is 0 Å². The Morgan fingerprint density at radius 1 is 1.53 bits per heavy atom. The van der Waals surface area contributed by atoms with Gasteiger partial charge in [-0.25, -0.2) is 4.98 Å². The van der Waals surface area contributed by atoms with Gasteiger partial charge in [0.05, 0.1) is 23.8 Å². The molecule has 0 spiro atoms. The number of thiazole rings is 1. The standard InChI is InChI=1S/C12H19N3OS.2ClH/c1-9-14-11(8-17-9)7-15(2)12(16)6-13-5-10-3-4-10;;/h8,10,13H,3-7H2,1-2H3;2*1H. The summed E-state index contributed by atoms with van der Waals surface area (Å²) < 4.78 is 0. The van der Waals surface area contributed by atoms with E-state index in [0.29, 0.717) is 13.1 Å². The van der Waals surface area contributed by atoms with Crippen molar-refractivity contribution in [3.05, 3.63) is 16.1 Å². The maximum atomic E-state index is 11.8. The van der Waals surface area contributed by atoms with Gasteiger partial charge in [0.1, 0.15) is 0 Å². The van der Waals surface area contributed by atoms with Crippen LogP contribution in [0.5, 0.6) is 0 Å². The molecule has 2 rings (SSSR count). The Labute approximate surface area is 130 Å². The van der Waals surface area contributed by atoms with Crippen molar-refractivity contribution in [1.29, 1.82) is 0 Å². The largest absolute Gasteiger partial charge is 0.339 e. The normalized spacial score (nSPS) is 13.4. The smallest absolute Gasteiger partial charge is 0.236 e. The zero-order valence-corrected chi connectivity index (χ0v) is 13.7. The quantitative estimate of drug-likeness (QED) is 0.872. The molecular weight excluding hydrogens is 305 g/mol. The number of carbonyl (C=O) groups is 1. The van der Waals surface area contributed by atoms with Crippen molar-refractivity contribution in [3.63, 3.8) is 0 Å². The lowest BCUT2D eigenvalue weighted by Crippen LogP contribution is -2.35. The molecule has 1 aromatic rings. The van der Waals surface area contributed by atoms with Crippen LogP contribution in [-0.4, -0.2) is 35.9 Å². The zero-order chi connectivity index (χ0) is 12.3. The van der Waals surface area contributed by atoms with Crippen molar-refractivity contribution in [2.75, 3.05) is 20.1 Å². The third-order valence-electron chi connectivity index (χ3n) is 2.90. The molecule has 0 atom stereocenters. The zero-order valence-electron chi connectivity index (χ0n) is 11.2. The van der Waals surface area contributed by atoms with Gasteiger partial charge >= 0.3 is 0 Å². The Kier molecular flexibility index (Phi) is 8.57. The monoisotopic (exact) mass is 325 g/mol. The van der Waals surface area contributed by atoms with Crippen LogP contribution >= 0.6 is 36.2 Å². The molecule has 0 bridgehead atoms. The minimum absolute atomic E-state index is 0. The fourth-order valence-electron chi connectivity index (χ4n) is 1.65. The van der Waals surface area contributed by atoms with Crippen LogP contribution in [0.1, 0.15) is 23.5 Å². The molecule has 4 nitrogen and oxygen atoms in total. The number of halogens is 2. The highest BCUT2D eigenvalue weighted by Gasteiger charge is 2.21. The fourth-order valence-corrected chi connectivity index (χ4v) is 2.26. The summed E-state index contributed by atoms with van der Waals surface area (Å²) in [6.45, 7) is 4.01. The topological polar surface area (TPSA) is 45.2 Å². The molecule has 110 valence electrons. The molecule has 0 radical (unpaired) electrons. The molecule has 1 fully saturated rings. The highest BCUT2D eigenvalue weighted by Crippen LogP contribution is 2.27. The number of aryl methyl sites for hydroxylation is 1. The molecule has 1 amide bonds. The van der Waals surface area contributed by atoms with E-state index >= 15 is 0 Å². The van der Waals surface area contributed by atoms with E-state index < -0.39 is 0 Å². The van der Waals surface area contributed by atoms with Gasteiger partial charge in [0.15, 0.2) is 0 Å². The molecule has 19 heavy (non-hydrogen) atoms. The number of amides is 1. The third kappa shape index (κ3) is 6.56. The predicted octanol–water partition coefficient (Wildman–Crippen LogP) is 2.25. The molecule has 1 aliphatic carbocycles. The van der Waals surface area contributed by atoms with E-state index in [1.165, 1.54) is 12.8 Å². The first-order chi connectivity index (χ1) is 8.15. The summed E-state index contributed by atoms with van der Waals surface area (Å²) in [6.07, 6.45) is 2.63. The van der Waals surface area contributed by atoms with E-state index in [4.69, 9.17) is 0 Å². The fraction of sp³-hybridized carbons (Fsp3) is 0.667. The Hall–Kier alpha value is -0.360. The molecule has 0 aliphatic heterocycles. The molecular formula is C12H21Cl2N3OS. The molecule has 0 aromatic carbocycles. The summed E-state index contributed by atoms with van der Waals surface area (Å²) in [5.41, 5.74) is 0.977. The second-order valence-corrected chi connectivity index (χ2v) is 5.74. The van der Waals surface area contributed by atoms with Crippen LogP contribution in [0.15, 0.2) is 5.38 Å². The van der Waals surface area contributed by atoms with Crippen LogP contribution in [-0.2, 0) is 11.3 Å². The lowest BCUT2D eigenvalue weighted by atomic mass is 10.4. The second-order valence-electron chi connectivity index (χ2n) is 4.68. The van der Waals surface area contributed by atoms with Gasteiger partial charge in [-0.3, -0.25) is 4.79 Å². The van der Waals surface area contributed by atoms with Crippen molar-refractivity contribution in [1.82, 2.24) is 15.2 Å². The summed E-state index contributed by atoms with van der Waals surface area (Å²) in [5.74, 6) is 0.950. The van der Waals surface area contributed by atoms with Gasteiger partial charge in [-0.2, -0.15) is 0 Å². The molecule has 0 unspecified atom stereocenters. The van der Waals surface area contributed by atoms with E-state index in [1.54, 1.807) is 16.2 Å². The first-order valence-electron chi connectivity index (χ1n) is 6.01. The minimum Gasteiger partial charge on any atom is -0.339 e. The molecule has 1 saturated carbocycles. The first kappa shape index (κ1) is 18.6. The first-order valence-corrected chi connectivity index (χ1v) is 6.89. The van der Waals surface area contributed by atoms with Gasteiger partial charge in [-0.1, -0.05) is 0 Å². The van der Waals surface area contributed by atoms with E-state index in [1.807, 2.05) is 19.4 Å². The van der Waals surface area contributed by atoms with Crippen molar-refractivity contribution in [2.45, 2.75) is 26.3 Å². The summed E-state index contributed by atoms with van der Waals surface area (Å²) in [5, 5.41) is 6.27. The Morgan fingerprint density at radius 2 is 2.21 bits per heavy atom. The Balaban J connectivity index is 0.00000162. The van der Waals surface area contributed by atoms with Crippen LogP contribution < -0.4 is 5.32 Å². The third-order valence-corrected chi connectivity index (χ3v) is 3.72. The predicted molar refractivity (Wildman–Crippen MR) is 83.4 cm³/mol. The minimum atomic E-state index is 0. The number of nitrogens with one attached hydrogen (secondary N) is 1. The molecule has 7 heteroatoms. The summed E-state index contributed by atoms with van der Waals surface area (Å²) in [6, 6.07) is 0. The van der Waals surface area contributed by atoms with Crippen LogP contribution in [0.4, 0.5) is 0 Å². The summed E-state index contributed by atoms with van der Waals surface area (Å²) >= 11 is 1.62. The highest BCUT2D eigenvalue weighted by atomic mass is 35.5. The maximum Gasteiger partial charge on any atom is 0.236 e.